The molecule has 7 nitrogen and oxygen atoms in total. The number of hydrogen-bond acceptors (Lipinski definition) is 5. The first kappa shape index (κ1) is 11.5. The van der Waals surface area contributed by atoms with Crippen LogP contribution in [-0.4, -0.2) is 42.0 Å². The fourth-order valence-corrected chi connectivity index (χ4v) is 2.61. The number of hydrogen-bond donors (Lipinski definition) is 2. The Bertz CT molecular complexity index is 467. The summed E-state index contributed by atoms with van der Waals surface area (Å²) >= 11 is 0. The first-order valence-electron chi connectivity index (χ1n) is 5.15. The van der Waals surface area contributed by atoms with E-state index in [1.807, 2.05) is 11.5 Å². The molecule has 0 saturated carbocycles. The van der Waals surface area contributed by atoms with Crippen molar-refractivity contribution < 1.29 is 8.42 Å². The van der Waals surface area contributed by atoms with Crippen molar-refractivity contribution in [3.63, 3.8) is 0 Å². The van der Waals surface area contributed by atoms with Crippen LogP contribution in [0.1, 0.15) is 11.6 Å². The first-order chi connectivity index (χ1) is 7.58. The fraction of sp³-hybridized carbons (Fsp3) is 0.750. The van der Waals surface area contributed by atoms with Gasteiger partial charge in [-0.25, -0.2) is 13.1 Å². The smallest absolute Gasteiger partial charge is 0.213 e. The topological polar surface area (TPSA) is 88.9 Å². The van der Waals surface area contributed by atoms with E-state index in [2.05, 4.69) is 20.2 Å². The zero-order valence-corrected chi connectivity index (χ0v) is 9.92. The summed E-state index contributed by atoms with van der Waals surface area (Å²) in [4.78, 5) is 0. The Morgan fingerprint density at radius 3 is 2.94 bits per heavy atom. The van der Waals surface area contributed by atoms with Crippen molar-refractivity contribution in [1.29, 1.82) is 0 Å². The summed E-state index contributed by atoms with van der Waals surface area (Å²) in [5, 5.41) is 11.1. The lowest BCUT2D eigenvalue weighted by molar-refractivity contribution is 0.548. The number of aromatic nitrogens is 3. The van der Waals surface area contributed by atoms with Crippen LogP contribution in [0, 0.1) is 6.92 Å². The van der Waals surface area contributed by atoms with E-state index in [1.54, 1.807) is 0 Å². The van der Waals surface area contributed by atoms with Crippen LogP contribution in [0.2, 0.25) is 0 Å². The molecule has 0 aromatic carbocycles. The maximum Gasteiger partial charge on any atom is 0.213 e. The summed E-state index contributed by atoms with van der Waals surface area (Å²) in [5.41, 5.74) is 0. The van der Waals surface area contributed by atoms with Crippen LogP contribution in [0.5, 0.6) is 0 Å². The van der Waals surface area contributed by atoms with Crippen LogP contribution in [0.25, 0.3) is 0 Å². The highest BCUT2D eigenvalue weighted by Crippen LogP contribution is 2.02. The van der Waals surface area contributed by atoms with Gasteiger partial charge in [0.15, 0.2) is 0 Å². The molecule has 0 atom stereocenters. The number of sulfonamides is 1. The molecule has 90 valence electrons. The summed E-state index contributed by atoms with van der Waals surface area (Å²) in [6, 6.07) is 0. The third-order valence-electron chi connectivity index (χ3n) is 2.50. The molecule has 8 heteroatoms. The highest BCUT2D eigenvalue weighted by molar-refractivity contribution is 7.89. The van der Waals surface area contributed by atoms with Gasteiger partial charge >= 0.3 is 0 Å². The molecule has 1 aliphatic rings. The van der Waals surface area contributed by atoms with Gasteiger partial charge in [0.1, 0.15) is 11.6 Å². The molecule has 0 aliphatic carbocycles. The maximum absolute atomic E-state index is 11.5. The van der Waals surface area contributed by atoms with E-state index in [0.717, 1.165) is 11.6 Å². The highest BCUT2D eigenvalue weighted by Gasteiger charge is 2.15. The van der Waals surface area contributed by atoms with Crippen molar-refractivity contribution in [1.82, 2.24) is 24.8 Å². The Morgan fingerprint density at radius 1 is 1.31 bits per heavy atom. The Hall–Kier alpha value is -0.990. The van der Waals surface area contributed by atoms with Crippen LogP contribution in [0.15, 0.2) is 0 Å². The van der Waals surface area contributed by atoms with Crippen LogP contribution in [-0.2, 0) is 23.1 Å². The number of nitrogens with one attached hydrogen (secondary N) is 2. The van der Waals surface area contributed by atoms with Crippen molar-refractivity contribution in [2.75, 3.05) is 18.8 Å². The van der Waals surface area contributed by atoms with Gasteiger partial charge in [0.05, 0.1) is 12.3 Å². The quantitative estimate of drug-likeness (QED) is 0.587. The van der Waals surface area contributed by atoms with Crippen LogP contribution in [0.4, 0.5) is 0 Å². The van der Waals surface area contributed by atoms with E-state index in [0.29, 0.717) is 26.2 Å². The molecule has 1 aromatic rings. The molecule has 0 unspecified atom stereocenters. The van der Waals surface area contributed by atoms with Gasteiger partial charge in [0.25, 0.3) is 0 Å². The molecular formula is C8H15N5O2S. The lowest BCUT2D eigenvalue weighted by atomic mass is 10.5. The number of nitrogens with zero attached hydrogens (tertiary/aromatic N) is 3. The van der Waals surface area contributed by atoms with Gasteiger partial charge in [-0.05, 0) is 6.92 Å². The summed E-state index contributed by atoms with van der Waals surface area (Å²) in [6.45, 7) is 3.83. The Morgan fingerprint density at radius 2 is 2.12 bits per heavy atom. The molecule has 0 radical (unpaired) electrons. The highest BCUT2D eigenvalue weighted by atomic mass is 32.2. The standard InChI is InChI=1S/C8H15N5O2S/c1-7-11-12-8-6-9-2-3-10-16(14,15)5-4-13(7)8/h9-10H,2-6H2,1H3. The van der Waals surface area contributed by atoms with E-state index in [9.17, 15) is 8.42 Å². The molecule has 2 N–H and O–H groups in total. The number of fused-ring (bicyclic) bond motifs is 1. The monoisotopic (exact) mass is 245 g/mol. The van der Waals surface area contributed by atoms with Gasteiger partial charge in [-0.1, -0.05) is 0 Å². The Balaban J connectivity index is 2.24. The van der Waals surface area contributed by atoms with Crippen LogP contribution in [0.3, 0.4) is 0 Å². The van der Waals surface area contributed by atoms with E-state index in [4.69, 9.17) is 0 Å². The molecular weight excluding hydrogens is 230 g/mol. The summed E-state index contributed by atoms with van der Waals surface area (Å²) in [7, 11) is -3.19. The van der Waals surface area contributed by atoms with Gasteiger partial charge in [-0.2, -0.15) is 0 Å². The zero-order valence-electron chi connectivity index (χ0n) is 9.10. The third-order valence-corrected chi connectivity index (χ3v) is 3.87. The van der Waals surface area contributed by atoms with Crippen molar-refractivity contribution in [2.24, 2.45) is 0 Å². The molecule has 2 rings (SSSR count). The van der Waals surface area contributed by atoms with Crippen molar-refractivity contribution >= 4 is 10.0 Å². The van der Waals surface area contributed by atoms with E-state index in [1.165, 1.54) is 0 Å². The van der Waals surface area contributed by atoms with E-state index in [-0.39, 0.29) is 5.75 Å². The van der Waals surface area contributed by atoms with Crippen molar-refractivity contribution in [2.45, 2.75) is 20.0 Å². The van der Waals surface area contributed by atoms with E-state index >= 15 is 0 Å². The number of rotatable bonds is 0. The second-order valence-electron chi connectivity index (χ2n) is 3.71. The molecule has 0 fully saturated rings. The minimum Gasteiger partial charge on any atom is -0.313 e. The lowest BCUT2D eigenvalue weighted by Gasteiger charge is -2.13. The zero-order chi connectivity index (χ0) is 11.6. The van der Waals surface area contributed by atoms with Crippen LogP contribution < -0.4 is 10.0 Å². The van der Waals surface area contributed by atoms with Crippen LogP contribution >= 0.6 is 0 Å². The largest absolute Gasteiger partial charge is 0.313 e. The van der Waals surface area contributed by atoms with Gasteiger partial charge in [0.2, 0.25) is 10.0 Å². The van der Waals surface area contributed by atoms with E-state index < -0.39 is 10.0 Å². The Kier molecular flexibility index (Phi) is 3.22. The summed E-state index contributed by atoms with van der Waals surface area (Å²) in [6.07, 6.45) is 0. The molecule has 0 amide bonds. The predicted octanol–water partition coefficient (Wildman–Crippen LogP) is -1.39. The molecule has 0 saturated heterocycles. The summed E-state index contributed by atoms with van der Waals surface area (Å²) in [5.74, 6) is 1.60. The second kappa shape index (κ2) is 4.48. The normalized spacial score (nSPS) is 21.3. The molecule has 2 heterocycles. The molecule has 1 aromatic heterocycles. The van der Waals surface area contributed by atoms with Gasteiger partial charge < -0.3 is 9.88 Å². The molecule has 16 heavy (non-hydrogen) atoms. The number of aryl methyl sites for hydroxylation is 1. The maximum atomic E-state index is 11.5. The third kappa shape index (κ3) is 2.57. The van der Waals surface area contributed by atoms with Gasteiger partial charge in [-0.3, -0.25) is 0 Å². The molecule has 0 bridgehead atoms. The minimum atomic E-state index is -3.19. The Labute approximate surface area is 94.3 Å². The van der Waals surface area contributed by atoms with Gasteiger partial charge in [0, 0.05) is 19.6 Å². The average molecular weight is 245 g/mol. The summed E-state index contributed by atoms with van der Waals surface area (Å²) < 4.78 is 27.4. The first-order valence-corrected chi connectivity index (χ1v) is 6.80. The van der Waals surface area contributed by atoms with Crippen molar-refractivity contribution in [3.05, 3.63) is 11.6 Å². The predicted molar refractivity (Wildman–Crippen MR) is 58.3 cm³/mol. The van der Waals surface area contributed by atoms with Gasteiger partial charge in [-0.15, -0.1) is 10.2 Å². The minimum absolute atomic E-state index is 0.0683. The average Bonchev–Trinajstić information content (AvgIpc) is 2.57. The van der Waals surface area contributed by atoms with Crippen molar-refractivity contribution in [3.8, 4) is 0 Å². The second-order valence-corrected chi connectivity index (χ2v) is 5.63. The molecule has 1 aliphatic heterocycles. The fourth-order valence-electron chi connectivity index (χ4n) is 1.63. The molecule has 0 spiro atoms. The SMILES string of the molecule is Cc1nnc2n1CCS(=O)(=O)NCCNC2. The lowest BCUT2D eigenvalue weighted by Crippen LogP contribution is -2.36.